The Bertz CT molecular complexity index is 1110. The summed E-state index contributed by atoms with van der Waals surface area (Å²) in [5.41, 5.74) is 3.98. The fourth-order valence-corrected chi connectivity index (χ4v) is 4.65. The van der Waals surface area contributed by atoms with Gasteiger partial charge in [-0.2, -0.15) is 0 Å². The van der Waals surface area contributed by atoms with Crippen LogP contribution in [0.5, 0.6) is 0 Å². The number of hydrogen-bond acceptors (Lipinski definition) is 6. The zero-order chi connectivity index (χ0) is 20.7. The van der Waals surface area contributed by atoms with Crippen LogP contribution >= 0.6 is 0 Å². The van der Waals surface area contributed by atoms with Gasteiger partial charge in [0, 0.05) is 49.9 Å². The molecule has 0 radical (unpaired) electrons. The Morgan fingerprint density at radius 3 is 2.80 bits per heavy atom. The molecule has 0 amide bonds. The van der Waals surface area contributed by atoms with Crippen LogP contribution in [0.1, 0.15) is 30.7 Å². The van der Waals surface area contributed by atoms with Gasteiger partial charge in [-0.25, -0.2) is 4.98 Å². The number of anilines is 1. The minimum atomic E-state index is -0.00388. The van der Waals surface area contributed by atoms with Gasteiger partial charge in [-0.15, -0.1) is 0 Å². The maximum atomic E-state index is 12.7. The van der Waals surface area contributed by atoms with Crippen LogP contribution in [0.15, 0.2) is 41.3 Å². The first kappa shape index (κ1) is 19.2. The summed E-state index contributed by atoms with van der Waals surface area (Å²) in [7, 11) is 0. The molecule has 2 atom stereocenters. The summed E-state index contributed by atoms with van der Waals surface area (Å²) in [6, 6.07) is 10.3. The smallest absolute Gasteiger partial charge is 0.255 e. The third-order valence-corrected chi connectivity index (χ3v) is 5.99. The molecule has 1 fully saturated rings. The second kappa shape index (κ2) is 7.81. The van der Waals surface area contributed by atoms with Crippen molar-refractivity contribution in [1.82, 2.24) is 19.9 Å². The summed E-state index contributed by atoms with van der Waals surface area (Å²) in [4.78, 5) is 29.6. The van der Waals surface area contributed by atoms with Gasteiger partial charge in [0.15, 0.2) is 0 Å². The van der Waals surface area contributed by atoms with Crippen molar-refractivity contribution >= 4 is 16.9 Å². The average Bonchev–Trinajstić information content (AvgIpc) is 2.73. The average molecular weight is 406 g/mol. The summed E-state index contributed by atoms with van der Waals surface area (Å²) in [5, 5.41) is 1.18. The van der Waals surface area contributed by atoms with Crippen LogP contribution in [0.4, 0.5) is 5.95 Å². The van der Waals surface area contributed by atoms with Crippen LogP contribution in [0.3, 0.4) is 0 Å². The molecule has 4 heterocycles. The highest BCUT2D eigenvalue weighted by atomic mass is 16.5. The number of aromatic amines is 1. The molecule has 2 aliphatic rings. The van der Waals surface area contributed by atoms with E-state index in [0.717, 1.165) is 49.4 Å². The maximum absolute atomic E-state index is 12.7. The first-order valence-electron chi connectivity index (χ1n) is 10.6. The number of rotatable bonds is 3. The van der Waals surface area contributed by atoms with Gasteiger partial charge in [-0.1, -0.05) is 18.2 Å². The number of ether oxygens (including phenoxy) is 1. The molecule has 0 aliphatic carbocycles. The topological polar surface area (TPSA) is 74.4 Å². The maximum Gasteiger partial charge on any atom is 0.255 e. The number of para-hydroxylation sites is 1. The number of nitrogens with zero attached hydrogens (tertiary/aromatic N) is 4. The molecule has 5 rings (SSSR count). The number of benzene rings is 1. The molecule has 0 spiro atoms. The summed E-state index contributed by atoms with van der Waals surface area (Å²) in [5.74, 6) is 0.664. The van der Waals surface area contributed by atoms with Crippen molar-refractivity contribution in [2.45, 2.75) is 45.6 Å². The lowest BCUT2D eigenvalue weighted by atomic mass is 10.0. The Morgan fingerprint density at radius 1 is 1.17 bits per heavy atom. The Hall–Kier alpha value is -2.77. The largest absolute Gasteiger partial charge is 0.372 e. The first-order chi connectivity index (χ1) is 14.6. The Labute approximate surface area is 175 Å². The van der Waals surface area contributed by atoms with E-state index in [1.165, 1.54) is 10.9 Å². The van der Waals surface area contributed by atoms with E-state index in [-0.39, 0.29) is 17.8 Å². The quantitative estimate of drug-likeness (QED) is 0.722. The number of nitrogens with one attached hydrogen (secondary N) is 1. The predicted molar refractivity (Wildman–Crippen MR) is 117 cm³/mol. The summed E-state index contributed by atoms with van der Waals surface area (Å²) < 4.78 is 5.82. The van der Waals surface area contributed by atoms with E-state index in [1.54, 1.807) is 0 Å². The molecule has 7 heteroatoms. The highest BCUT2D eigenvalue weighted by Crippen LogP contribution is 2.23. The van der Waals surface area contributed by atoms with Crippen LogP contribution in [0.25, 0.3) is 10.9 Å². The zero-order valence-electron chi connectivity index (χ0n) is 17.5. The fourth-order valence-electron chi connectivity index (χ4n) is 4.65. The van der Waals surface area contributed by atoms with Gasteiger partial charge in [-0.05, 0) is 38.0 Å². The van der Waals surface area contributed by atoms with E-state index < -0.39 is 0 Å². The van der Waals surface area contributed by atoms with Crippen LogP contribution < -0.4 is 10.5 Å². The Kier molecular flexibility index (Phi) is 5.00. The van der Waals surface area contributed by atoms with E-state index in [1.807, 2.05) is 18.3 Å². The number of aromatic nitrogens is 3. The third kappa shape index (κ3) is 3.70. The van der Waals surface area contributed by atoms with Crippen molar-refractivity contribution in [3.05, 3.63) is 63.7 Å². The van der Waals surface area contributed by atoms with Gasteiger partial charge in [-0.3, -0.25) is 19.7 Å². The molecule has 3 aromatic rings. The van der Waals surface area contributed by atoms with E-state index in [0.29, 0.717) is 12.5 Å². The second-order valence-corrected chi connectivity index (χ2v) is 8.42. The number of fused-ring (bicyclic) bond motifs is 2. The number of pyridine rings is 1. The van der Waals surface area contributed by atoms with Gasteiger partial charge in [0.2, 0.25) is 5.95 Å². The summed E-state index contributed by atoms with van der Waals surface area (Å²) >= 11 is 0. The van der Waals surface area contributed by atoms with Crippen molar-refractivity contribution in [3.63, 3.8) is 0 Å². The SMILES string of the molecule is C[C@@H]1CN(c2nc3c(c(=O)[nH]2)CCN(Cc2ccnc4ccccc24)C3)C[C@@H](C)O1. The summed E-state index contributed by atoms with van der Waals surface area (Å²) in [6.07, 6.45) is 2.83. The minimum absolute atomic E-state index is 0.00388. The van der Waals surface area contributed by atoms with Gasteiger partial charge in [0.05, 0.1) is 23.4 Å². The van der Waals surface area contributed by atoms with Crippen molar-refractivity contribution in [2.75, 3.05) is 24.5 Å². The van der Waals surface area contributed by atoms with Crippen molar-refractivity contribution in [3.8, 4) is 0 Å². The highest BCUT2D eigenvalue weighted by molar-refractivity contribution is 5.81. The fraction of sp³-hybridized carbons (Fsp3) is 0.435. The lowest BCUT2D eigenvalue weighted by Gasteiger charge is -2.36. The number of morpholine rings is 1. The van der Waals surface area contributed by atoms with Crippen LogP contribution in [0.2, 0.25) is 0 Å². The van der Waals surface area contributed by atoms with Gasteiger partial charge < -0.3 is 9.64 Å². The predicted octanol–water partition coefficient (Wildman–Crippen LogP) is 2.49. The van der Waals surface area contributed by atoms with Gasteiger partial charge in [0.1, 0.15) is 0 Å². The molecule has 0 saturated carbocycles. The van der Waals surface area contributed by atoms with Gasteiger partial charge in [0.25, 0.3) is 5.56 Å². The number of hydrogen-bond donors (Lipinski definition) is 1. The molecular formula is C23H27N5O2. The molecule has 1 saturated heterocycles. The van der Waals surface area contributed by atoms with Crippen molar-refractivity contribution in [1.29, 1.82) is 0 Å². The van der Waals surface area contributed by atoms with Crippen LogP contribution in [-0.4, -0.2) is 51.7 Å². The Morgan fingerprint density at radius 2 is 1.97 bits per heavy atom. The molecule has 0 unspecified atom stereocenters. The molecule has 2 aliphatic heterocycles. The Balaban J connectivity index is 1.40. The molecule has 0 bridgehead atoms. The molecule has 1 N–H and O–H groups in total. The van der Waals surface area contributed by atoms with Crippen molar-refractivity contribution in [2.24, 2.45) is 0 Å². The standard InChI is InChI=1S/C23H27N5O2/c1-15-11-28(12-16(2)30-15)23-25-21-14-27(10-8-19(21)22(29)26-23)13-17-7-9-24-20-6-4-3-5-18(17)20/h3-7,9,15-16H,8,10-14H2,1-2H3,(H,25,26,29)/t15-,16-/m1/s1. The van der Waals surface area contributed by atoms with E-state index in [2.05, 4.69) is 51.8 Å². The van der Waals surface area contributed by atoms with Crippen LogP contribution in [-0.2, 0) is 24.2 Å². The van der Waals surface area contributed by atoms with Crippen LogP contribution in [0, 0.1) is 0 Å². The molecule has 2 aromatic heterocycles. The van der Waals surface area contributed by atoms with Crippen molar-refractivity contribution < 1.29 is 4.74 Å². The molecule has 156 valence electrons. The molecule has 30 heavy (non-hydrogen) atoms. The van der Waals surface area contributed by atoms with Gasteiger partial charge >= 0.3 is 0 Å². The monoisotopic (exact) mass is 405 g/mol. The third-order valence-electron chi connectivity index (χ3n) is 5.99. The van der Waals surface area contributed by atoms with E-state index >= 15 is 0 Å². The first-order valence-corrected chi connectivity index (χ1v) is 10.6. The zero-order valence-corrected chi connectivity index (χ0v) is 17.5. The number of H-pyrrole nitrogens is 1. The van der Waals surface area contributed by atoms with E-state index in [4.69, 9.17) is 9.72 Å². The highest BCUT2D eigenvalue weighted by Gasteiger charge is 2.27. The van der Waals surface area contributed by atoms with E-state index in [9.17, 15) is 4.79 Å². The minimum Gasteiger partial charge on any atom is -0.372 e. The second-order valence-electron chi connectivity index (χ2n) is 8.42. The molecular weight excluding hydrogens is 378 g/mol. The lowest BCUT2D eigenvalue weighted by molar-refractivity contribution is -0.00576. The normalized spacial score (nSPS) is 22.3. The molecule has 7 nitrogen and oxygen atoms in total. The summed E-state index contributed by atoms with van der Waals surface area (Å²) in [6.45, 7) is 7.92. The molecule has 1 aromatic carbocycles. The lowest BCUT2D eigenvalue weighted by Crippen LogP contribution is -2.47.